The van der Waals surface area contributed by atoms with Gasteiger partial charge in [-0.25, -0.2) is 12.8 Å². The number of hydrogen-bond donors (Lipinski definition) is 1. The molecule has 0 amide bonds. The third-order valence-corrected chi connectivity index (χ3v) is 4.36. The highest BCUT2D eigenvalue weighted by Crippen LogP contribution is 2.20. The quantitative estimate of drug-likeness (QED) is 0.879. The molecule has 2 N–H and O–H groups in total. The van der Waals surface area contributed by atoms with Crippen LogP contribution in [0, 0.1) is 17.1 Å². The van der Waals surface area contributed by atoms with Crippen LogP contribution in [-0.2, 0) is 15.6 Å². The molecule has 0 atom stereocenters. The van der Waals surface area contributed by atoms with Crippen LogP contribution in [-0.4, -0.2) is 8.42 Å². The lowest BCUT2D eigenvalue weighted by Gasteiger charge is -2.06. The van der Waals surface area contributed by atoms with E-state index >= 15 is 0 Å². The molecule has 2 aromatic carbocycles. The second-order valence-electron chi connectivity index (χ2n) is 4.29. The number of nitrogens with two attached hydrogens (primary N) is 1. The first-order valence-electron chi connectivity index (χ1n) is 5.68. The van der Waals surface area contributed by atoms with Gasteiger partial charge in [0.1, 0.15) is 5.82 Å². The molecule has 0 aliphatic rings. The number of halogens is 1. The van der Waals surface area contributed by atoms with E-state index in [4.69, 9.17) is 11.0 Å². The molecule has 0 saturated carbocycles. The van der Waals surface area contributed by atoms with Gasteiger partial charge in [-0.1, -0.05) is 12.1 Å². The van der Waals surface area contributed by atoms with Crippen LogP contribution in [0.25, 0.3) is 0 Å². The normalized spacial score (nSPS) is 11.0. The molecule has 2 rings (SSSR count). The summed E-state index contributed by atoms with van der Waals surface area (Å²) in [6, 6.07) is 11.3. The average molecular weight is 290 g/mol. The molecule has 0 fully saturated rings. The van der Waals surface area contributed by atoms with Crippen molar-refractivity contribution in [3.05, 3.63) is 59.4 Å². The van der Waals surface area contributed by atoms with Crippen molar-refractivity contribution in [3.8, 4) is 6.07 Å². The number of hydrogen-bond acceptors (Lipinski definition) is 4. The van der Waals surface area contributed by atoms with Crippen LogP contribution in [0.5, 0.6) is 0 Å². The topological polar surface area (TPSA) is 84.0 Å². The molecule has 0 aliphatic carbocycles. The molecular formula is C14H11FN2O2S. The standard InChI is InChI=1S/C14H11FN2O2S/c15-12-5-13(17)7-14(6-12)20(18,19)9-11-3-1-10(8-16)2-4-11/h1-7H,9,17H2. The summed E-state index contributed by atoms with van der Waals surface area (Å²) < 4.78 is 37.6. The lowest BCUT2D eigenvalue weighted by Crippen LogP contribution is -2.06. The van der Waals surface area contributed by atoms with Gasteiger partial charge in [0, 0.05) is 5.69 Å². The van der Waals surface area contributed by atoms with Gasteiger partial charge in [0.15, 0.2) is 9.84 Å². The molecular weight excluding hydrogens is 279 g/mol. The van der Waals surface area contributed by atoms with E-state index < -0.39 is 15.7 Å². The predicted molar refractivity (Wildman–Crippen MR) is 72.9 cm³/mol. The molecule has 4 nitrogen and oxygen atoms in total. The summed E-state index contributed by atoms with van der Waals surface area (Å²) in [6.07, 6.45) is 0. The highest BCUT2D eigenvalue weighted by atomic mass is 32.2. The number of rotatable bonds is 3. The van der Waals surface area contributed by atoms with Gasteiger partial charge in [-0.3, -0.25) is 0 Å². The Bertz CT molecular complexity index is 758. The summed E-state index contributed by atoms with van der Waals surface area (Å²) in [5.41, 5.74) is 6.47. The van der Waals surface area contributed by atoms with Crippen molar-refractivity contribution in [3.63, 3.8) is 0 Å². The van der Waals surface area contributed by atoms with E-state index in [2.05, 4.69) is 0 Å². The maximum Gasteiger partial charge on any atom is 0.182 e. The molecule has 2 aromatic rings. The number of nitrogens with zero attached hydrogens (tertiary/aromatic N) is 1. The highest BCUT2D eigenvalue weighted by Gasteiger charge is 2.17. The van der Waals surface area contributed by atoms with Crippen LogP contribution in [0.3, 0.4) is 0 Å². The van der Waals surface area contributed by atoms with E-state index in [1.165, 1.54) is 18.2 Å². The Hall–Kier alpha value is -2.39. The molecule has 20 heavy (non-hydrogen) atoms. The summed E-state index contributed by atoms with van der Waals surface area (Å²) in [5, 5.41) is 8.68. The monoisotopic (exact) mass is 290 g/mol. The summed E-state index contributed by atoms with van der Waals surface area (Å²) in [7, 11) is -3.68. The van der Waals surface area contributed by atoms with Crippen molar-refractivity contribution in [2.45, 2.75) is 10.6 Å². The van der Waals surface area contributed by atoms with E-state index in [9.17, 15) is 12.8 Å². The minimum atomic E-state index is -3.68. The first kappa shape index (κ1) is 14.0. The van der Waals surface area contributed by atoms with Gasteiger partial charge in [0.25, 0.3) is 0 Å². The van der Waals surface area contributed by atoms with Crippen LogP contribution in [0.15, 0.2) is 47.4 Å². The van der Waals surface area contributed by atoms with Gasteiger partial charge in [-0.05, 0) is 35.9 Å². The van der Waals surface area contributed by atoms with Gasteiger partial charge in [-0.2, -0.15) is 5.26 Å². The smallest absolute Gasteiger partial charge is 0.182 e. The number of sulfone groups is 1. The second kappa shape index (κ2) is 5.31. The van der Waals surface area contributed by atoms with Crippen molar-refractivity contribution in [2.75, 3.05) is 5.73 Å². The lowest BCUT2D eigenvalue weighted by molar-refractivity contribution is 0.590. The van der Waals surface area contributed by atoms with E-state index in [0.29, 0.717) is 11.1 Å². The first-order chi connectivity index (χ1) is 9.40. The molecule has 0 heterocycles. The first-order valence-corrected chi connectivity index (χ1v) is 7.34. The fourth-order valence-corrected chi connectivity index (χ4v) is 3.15. The number of anilines is 1. The molecule has 6 heteroatoms. The van der Waals surface area contributed by atoms with E-state index in [1.807, 2.05) is 6.07 Å². The van der Waals surface area contributed by atoms with Crippen molar-refractivity contribution in [1.82, 2.24) is 0 Å². The van der Waals surface area contributed by atoms with Crippen molar-refractivity contribution in [1.29, 1.82) is 5.26 Å². The fraction of sp³-hybridized carbons (Fsp3) is 0.0714. The maximum atomic E-state index is 13.2. The van der Waals surface area contributed by atoms with Gasteiger partial charge in [0.2, 0.25) is 0 Å². The summed E-state index contributed by atoms with van der Waals surface area (Å²) >= 11 is 0. The Balaban J connectivity index is 2.33. The average Bonchev–Trinajstić information content (AvgIpc) is 2.38. The molecule has 0 spiro atoms. The zero-order valence-corrected chi connectivity index (χ0v) is 11.2. The number of benzene rings is 2. The fourth-order valence-electron chi connectivity index (χ4n) is 1.74. The summed E-state index contributed by atoms with van der Waals surface area (Å²) in [4.78, 5) is -0.153. The molecule has 0 aromatic heterocycles. The number of nitriles is 1. The van der Waals surface area contributed by atoms with Crippen molar-refractivity contribution in [2.24, 2.45) is 0 Å². The Labute approximate surface area is 116 Å². The number of nitrogen functional groups attached to an aromatic ring is 1. The van der Waals surface area contributed by atoms with Gasteiger partial charge >= 0.3 is 0 Å². The van der Waals surface area contributed by atoms with Crippen molar-refractivity contribution < 1.29 is 12.8 Å². The van der Waals surface area contributed by atoms with Crippen LogP contribution in [0.2, 0.25) is 0 Å². The van der Waals surface area contributed by atoms with E-state index in [0.717, 1.165) is 12.1 Å². The zero-order valence-electron chi connectivity index (χ0n) is 10.4. The summed E-state index contributed by atoms with van der Waals surface area (Å²) in [6.45, 7) is 0. The lowest BCUT2D eigenvalue weighted by atomic mass is 10.2. The Kier molecular flexibility index (Phi) is 3.72. The van der Waals surface area contributed by atoms with Crippen LogP contribution < -0.4 is 5.73 Å². The molecule has 0 aliphatic heterocycles. The predicted octanol–water partition coefficient (Wildman–Crippen LogP) is 2.25. The molecule has 0 radical (unpaired) electrons. The minimum Gasteiger partial charge on any atom is -0.399 e. The van der Waals surface area contributed by atoms with Crippen LogP contribution in [0.1, 0.15) is 11.1 Å². The Morgan fingerprint density at radius 1 is 1.15 bits per heavy atom. The third kappa shape index (κ3) is 3.13. The summed E-state index contributed by atoms with van der Waals surface area (Å²) in [5.74, 6) is -0.967. The second-order valence-corrected chi connectivity index (χ2v) is 6.28. The Morgan fingerprint density at radius 3 is 2.35 bits per heavy atom. The molecule has 0 unspecified atom stereocenters. The molecule has 0 saturated heterocycles. The largest absolute Gasteiger partial charge is 0.399 e. The highest BCUT2D eigenvalue weighted by molar-refractivity contribution is 7.90. The van der Waals surface area contributed by atoms with E-state index in [1.54, 1.807) is 12.1 Å². The SMILES string of the molecule is N#Cc1ccc(CS(=O)(=O)c2cc(N)cc(F)c2)cc1. The van der Waals surface area contributed by atoms with Gasteiger partial charge in [0.05, 0.1) is 22.3 Å². The van der Waals surface area contributed by atoms with Gasteiger partial charge < -0.3 is 5.73 Å². The Morgan fingerprint density at radius 2 is 1.80 bits per heavy atom. The maximum absolute atomic E-state index is 13.2. The third-order valence-electron chi connectivity index (χ3n) is 2.69. The van der Waals surface area contributed by atoms with Crippen LogP contribution in [0.4, 0.5) is 10.1 Å². The molecule has 102 valence electrons. The molecule has 0 bridgehead atoms. The van der Waals surface area contributed by atoms with E-state index in [-0.39, 0.29) is 16.3 Å². The van der Waals surface area contributed by atoms with Crippen LogP contribution >= 0.6 is 0 Å². The zero-order chi connectivity index (χ0) is 14.8. The minimum absolute atomic E-state index is 0.0587. The van der Waals surface area contributed by atoms with Crippen molar-refractivity contribution >= 4 is 15.5 Å². The van der Waals surface area contributed by atoms with Gasteiger partial charge in [-0.15, -0.1) is 0 Å².